The summed E-state index contributed by atoms with van der Waals surface area (Å²) in [5.74, 6) is -1.04. The van der Waals surface area contributed by atoms with Crippen LogP contribution in [0.2, 0.25) is 18.1 Å². The average molecular weight is 343 g/mol. The highest BCUT2D eigenvalue weighted by atomic mass is 28.4. The Hall–Kier alpha value is -0.693. The average Bonchev–Trinajstić information content (AvgIpc) is 2.66. The summed E-state index contributed by atoms with van der Waals surface area (Å²) in [7, 11) is -1.95. The maximum Gasteiger partial charge on any atom is 0.303 e. The molecule has 6 heteroatoms. The van der Waals surface area contributed by atoms with Crippen LogP contribution in [0.5, 0.6) is 0 Å². The third-order valence-corrected chi connectivity index (χ3v) is 9.31. The van der Waals surface area contributed by atoms with Crippen LogP contribution in [0.3, 0.4) is 0 Å². The molecule has 2 rings (SSSR count). The zero-order valence-corrected chi connectivity index (χ0v) is 16.5. The molecule has 5 nitrogen and oxygen atoms in total. The van der Waals surface area contributed by atoms with Crippen molar-refractivity contribution in [2.24, 2.45) is 0 Å². The summed E-state index contributed by atoms with van der Waals surface area (Å²) < 4.78 is 23.9. The first-order valence-electron chi connectivity index (χ1n) is 8.21. The SMILES string of the molecule is CC(=O)O[C@H]1C=C[C@H](O[Si](C)(C)C(C)(C)C)[C@@H]2OC(C)(C)O[C@@H]21. The molecule has 0 aromatic heterocycles. The van der Waals surface area contributed by atoms with E-state index in [0.29, 0.717) is 0 Å². The molecular formula is C17H30O5Si. The van der Waals surface area contributed by atoms with Crippen LogP contribution in [-0.4, -0.2) is 44.5 Å². The lowest BCUT2D eigenvalue weighted by molar-refractivity contribution is -0.165. The normalized spacial score (nSPS) is 33.4. The molecule has 0 N–H and O–H groups in total. The number of rotatable bonds is 3. The second-order valence-corrected chi connectivity index (χ2v) is 13.1. The zero-order valence-electron chi connectivity index (χ0n) is 15.5. The molecule has 4 atom stereocenters. The molecule has 0 spiro atoms. The summed E-state index contributed by atoms with van der Waals surface area (Å²) in [4.78, 5) is 11.3. The van der Waals surface area contributed by atoms with Crippen LogP contribution >= 0.6 is 0 Å². The molecule has 1 saturated heterocycles. The van der Waals surface area contributed by atoms with E-state index in [1.165, 1.54) is 6.92 Å². The van der Waals surface area contributed by atoms with Gasteiger partial charge in [-0.3, -0.25) is 4.79 Å². The Morgan fingerprint density at radius 2 is 1.57 bits per heavy atom. The van der Waals surface area contributed by atoms with Crippen molar-refractivity contribution in [1.82, 2.24) is 0 Å². The van der Waals surface area contributed by atoms with Gasteiger partial charge in [-0.15, -0.1) is 0 Å². The van der Waals surface area contributed by atoms with Crippen molar-refractivity contribution in [3.63, 3.8) is 0 Å². The Balaban J connectivity index is 2.23. The molecule has 0 aromatic rings. The predicted octanol–water partition coefficient (Wildman–Crippen LogP) is 3.40. The molecule has 132 valence electrons. The Morgan fingerprint density at radius 1 is 1.09 bits per heavy atom. The summed E-state index contributed by atoms with van der Waals surface area (Å²) in [6, 6.07) is 0. The quantitative estimate of drug-likeness (QED) is 0.447. The molecule has 0 saturated carbocycles. The van der Waals surface area contributed by atoms with E-state index in [-0.39, 0.29) is 29.3 Å². The van der Waals surface area contributed by atoms with Crippen LogP contribution in [-0.2, 0) is 23.4 Å². The Morgan fingerprint density at radius 3 is 2.04 bits per heavy atom. The van der Waals surface area contributed by atoms with Gasteiger partial charge in [-0.25, -0.2) is 0 Å². The fourth-order valence-corrected chi connectivity index (χ4v) is 3.93. The van der Waals surface area contributed by atoms with Crippen LogP contribution < -0.4 is 0 Å². The van der Waals surface area contributed by atoms with E-state index in [1.54, 1.807) is 0 Å². The van der Waals surface area contributed by atoms with Crippen molar-refractivity contribution >= 4 is 14.3 Å². The molecule has 1 fully saturated rings. The lowest BCUT2D eigenvalue weighted by atomic mass is 9.96. The minimum Gasteiger partial charge on any atom is -0.455 e. The first kappa shape index (κ1) is 18.6. The molecular weight excluding hydrogens is 312 g/mol. The minimum atomic E-state index is -1.95. The van der Waals surface area contributed by atoms with Gasteiger partial charge in [-0.1, -0.05) is 26.8 Å². The lowest BCUT2D eigenvalue weighted by Gasteiger charge is -2.42. The van der Waals surface area contributed by atoms with Gasteiger partial charge in [-0.2, -0.15) is 0 Å². The summed E-state index contributed by atoms with van der Waals surface area (Å²) in [6.45, 7) is 16.2. The number of carbonyl (C=O) groups excluding carboxylic acids is 1. The van der Waals surface area contributed by atoms with E-state index in [2.05, 4.69) is 33.9 Å². The van der Waals surface area contributed by atoms with Crippen LogP contribution in [0.15, 0.2) is 12.2 Å². The fraction of sp³-hybridized carbons (Fsp3) is 0.824. The highest BCUT2D eigenvalue weighted by molar-refractivity contribution is 6.74. The number of esters is 1. The second-order valence-electron chi connectivity index (χ2n) is 8.37. The maximum atomic E-state index is 11.3. The third-order valence-electron chi connectivity index (χ3n) is 4.84. The van der Waals surface area contributed by atoms with Gasteiger partial charge in [0.2, 0.25) is 0 Å². The fourth-order valence-electron chi connectivity index (χ4n) is 2.68. The van der Waals surface area contributed by atoms with Gasteiger partial charge in [0.1, 0.15) is 18.3 Å². The Labute approximate surface area is 140 Å². The largest absolute Gasteiger partial charge is 0.455 e. The molecule has 0 aromatic carbocycles. The number of ether oxygens (including phenoxy) is 3. The number of fused-ring (bicyclic) bond motifs is 1. The minimum absolute atomic E-state index is 0.109. The monoisotopic (exact) mass is 342 g/mol. The van der Waals surface area contributed by atoms with Gasteiger partial charge in [-0.05, 0) is 38.1 Å². The van der Waals surface area contributed by atoms with E-state index in [4.69, 9.17) is 18.6 Å². The molecule has 0 bridgehead atoms. The summed E-state index contributed by atoms with van der Waals surface area (Å²) in [5, 5.41) is 0.109. The van der Waals surface area contributed by atoms with E-state index in [9.17, 15) is 4.79 Å². The van der Waals surface area contributed by atoms with Gasteiger partial charge >= 0.3 is 5.97 Å². The number of hydrogen-bond donors (Lipinski definition) is 0. The lowest BCUT2D eigenvalue weighted by Crippen LogP contribution is -2.52. The number of carbonyl (C=O) groups is 1. The van der Waals surface area contributed by atoms with Crippen LogP contribution in [0.1, 0.15) is 41.5 Å². The molecule has 1 heterocycles. The van der Waals surface area contributed by atoms with Gasteiger partial charge in [0, 0.05) is 6.92 Å². The van der Waals surface area contributed by atoms with Gasteiger partial charge in [0.25, 0.3) is 0 Å². The molecule has 23 heavy (non-hydrogen) atoms. The van der Waals surface area contributed by atoms with E-state index < -0.39 is 20.2 Å². The first-order chi connectivity index (χ1) is 10.3. The molecule has 0 amide bonds. The predicted molar refractivity (Wildman–Crippen MR) is 90.6 cm³/mol. The van der Waals surface area contributed by atoms with E-state index in [0.717, 1.165) is 0 Å². The molecule has 1 aliphatic heterocycles. The van der Waals surface area contributed by atoms with Crippen molar-refractivity contribution in [2.45, 2.75) is 89.9 Å². The van der Waals surface area contributed by atoms with Crippen LogP contribution in [0, 0.1) is 0 Å². The zero-order chi connectivity index (χ0) is 17.6. The van der Waals surface area contributed by atoms with Gasteiger partial charge in [0.15, 0.2) is 14.1 Å². The van der Waals surface area contributed by atoms with Gasteiger partial charge < -0.3 is 18.6 Å². The van der Waals surface area contributed by atoms with Crippen molar-refractivity contribution in [2.75, 3.05) is 0 Å². The van der Waals surface area contributed by atoms with Crippen molar-refractivity contribution in [3.8, 4) is 0 Å². The van der Waals surface area contributed by atoms with Crippen molar-refractivity contribution in [3.05, 3.63) is 12.2 Å². The number of hydrogen-bond acceptors (Lipinski definition) is 5. The molecule has 2 aliphatic rings. The van der Waals surface area contributed by atoms with Crippen molar-refractivity contribution in [1.29, 1.82) is 0 Å². The van der Waals surface area contributed by atoms with E-state index in [1.807, 2.05) is 26.0 Å². The maximum absolute atomic E-state index is 11.3. The van der Waals surface area contributed by atoms with Crippen molar-refractivity contribution < 1.29 is 23.4 Å². The topological polar surface area (TPSA) is 54.0 Å². The Bertz CT molecular complexity index is 492. The second kappa shape index (κ2) is 5.99. The first-order valence-corrected chi connectivity index (χ1v) is 11.1. The van der Waals surface area contributed by atoms with Crippen LogP contribution in [0.25, 0.3) is 0 Å². The summed E-state index contributed by atoms with van der Waals surface area (Å²) in [5.41, 5.74) is 0. The summed E-state index contributed by atoms with van der Waals surface area (Å²) >= 11 is 0. The Kier molecular flexibility index (Phi) is 4.85. The highest BCUT2D eigenvalue weighted by Crippen LogP contribution is 2.42. The smallest absolute Gasteiger partial charge is 0.303 e. The molecule has 1 aliphatic carbocycles. The molecule has 0 unspecified atom stereocenters. The van der Waals surface area contributed by atoms with E-state index >= 15 is 0 Å². The summed E-state index contributed by atoms with van der Waals surface area (Å²) in [6.07, 6.45) is 2.60. The van der Waals surface area contributed by atoms with Gasteiger partial charge in [0.05, 0.1) is 6.10 Å². The molecule has 0 radical (unpaired) electrons. The van der Waals surface area contributed by atoms with Crippen LogP contribution in [0.4, 0.5) is 0 Å². The standard InChI is InChI=1S/C17H30O5Si/c1-11(18)19-12-9-10-13(22-23(7,8)16(2,3)4)15-14(12)20-17(5,6)21-15/h9-10,12-15H,1-8H3/t12-,13-,14+,15-/m0/s1. The highest BCUT2D eigenvalue weighted by Gasteiger charge is 2.52. The third kappa shape index (κ3) is 4.05.